The Bertz CT molecular complexity index is 941. The summed E-state index contributed by atoms with van der Waals surface area (Å²) in [6, 6.07) is 11.7. The van der Waals surface area contributed by atoms with Crippen LogP contribution < -0.4 is 14.5 Å². The zero-order chi connectivity index (χ0) is 21.1. The van der Waals surface area contributed by atoms with E-state index in [0.29, 0.717) is 5.56 Å². The van der Waals surface area contributed by atoms with Crippen molar-refractivity contribution >= 4 is 21.4 Å². The van der Waals surface area contributed by atoms with Gasteiger partial charge in [-0.05, 0) is 24.6 Å². The number of hydrogen-bond donors (Lipinski definition) is 2. The molecule has 0 aliphatic rings. The Morgan fingerprint density at radius 1 is 1.14 bits per heavy atom. The van der Waals surface area contributed by atoms with E-state index in [1.54, 1.807) is 6.92 Å². The largest absolute Gasteiger partial charge is 0.378 e. The van der Waals surface area contributed by atoms with E-state index >= 15 is 0 Å². The predicted octanol–water partition coefficient (Wildman–Crippen LogP) is 1.13. The third-order valence-corrected chi connectivity index (χ3v) is 6.22. The van der Waals surface area contributed by atoms with Crippen LogP contribution in [0.3, 0.4) is 0 Å². The number of rotatable bonds is 8. The number of anilines is 1. The van der Waals surface area contributed by atoms with E-state index < -0.39 is 14.9 Å². The van der Waals surface area contributed by atoms with Gasteiger partial charge in [0.15, 0.2) is 0 Å². The summed E-state index contributed by atoms with van der Waals surface area (Å²) >= 11 is 0. The average molecular weight is 408 g/mol. The van der Waals surface area contributed by atoms with Crippen LogP contribution in [0.4, 0.5) is 11.4 Å². The van der Waals surface area contributed by atoms with Crippen molar-refractivity contribution in [3.05, 3.63) is 63.7 Å². The Morgan fingerprint density at radius 3 is 2.25 bits per heavy atom. The molecule has 0 amide bonds. The first-order valence-corrected chi connectivity index (χ1v) is 10.3. The number of nitro benzene ring substituents is 1. The molecule has 2 N–H and O–H groups in total. The summed E-state index contributed by atoms with van der Waals surface area (Å²) in [4.78, 5) is 13.4. The van der Waals surface area contributed by atoms with Crippen molar-refractivity contribution in [2.45, 2.75) is 17.9 Å². The van der Waals surface area contributed by atoms with Gasteiger partial charge in [0.25, 0.3) is 5.69 Å². The Balaban J connectivity index is 2.25. The third kappa shape index (κ3) is 5.06. The molecule has 0 spiro atoms. The lowest BCUT2D eigenvalue weighted by atomic mass is 10.1. The summed E-state index contributed by atoms with van der Waals surface area (Å²) in [5, 5.41) is 11.0. The first-order chi connectivity index (χ1) is 13.0. The lowest BCUT2D eigenvalue weighted by Gasteiger charge is -2.23. The van der Waals surface area contributed by atoms with Crippen molar-refractivity contribution in [2.24, 2.45) is 0 Å². The Labute approximate surface area is 166 Å². The number of sulfonamides is 1. The molecule has 2 aromatic carbocycles. The zero-order valence-electron chi connectivity index (χ0n) is 16.8. The number of nitrogens with zero attached hydrogens (tertiary/aromatic N) is 2. The summed E-state index contributed by atoms with van der Waals surface area (Å²) in [6.07, 6.45) is 0. The highest BCUT2D eigenvalue weighted by molar-refractivity contribution is 7.89. The van der Waals surface area contributed by atoms with Crippen LogP contribution in [0.1, 0.15) is 17.2 Å². The van der Waals surface area contributed by atoms with Crippen LogP contribution in [0.2, 0.25) is 0 Å². The van der Waals surface area contributed by atoms with Crippen LogP contribution in [0.5, 0.6) is 0 Å². The van der Waals surface area contributed by atoms with Crippen molar-refractivity contribution in [3.63, 3.8) is 0 Å². The fourth-order valence-electron chi connectivity index (χ4n) is 2.92. The first-order valence-electron chi connectivity index (χ1n) is 8.85. The molecule has 0 saturated carbocycles. The number of aryl methyl sites for hydroxylation is 1. The summed E-state index contributed by atoms with van der Waals surface area (Å²) in [5.74, 6) is 0. The predicted molar refractivity (Wildman–Crippen MR) is 109 cm³/mol. The van der Waals surface area contributed by atoms with E-state index in [1.807, 2.05) is 57.4 Å². The molecular weight excluding hydrogens is 380 g/mol. The van der Waals surface area contributed by atoms with E-state index in [-0.39, 0.29) is 23.2 Å². The van der Waals surface area contributed by atoms with Crippen molar-refractivity contribution in [3.8, 4) is 0 Å². The lowest BCUT2D eigenvalue weighted by Crippen LogP contribution is -3.07. The summed E-state index contributed by atoms with van der Waals surface area (Å²) in [7, 11) is 3.95. The number of hydrogen-bond acceptors (Lipinski definition) is 5. The Morgan fingerprint density at radius 2 is 1.75 bits per heavy atom. The average Bonchev–Trinajstić information content (AvgIpc) is 2.61. The molecule has 152 valence electrons. The fraction of sp³-hybridized carbons (Fsp3) is 0.368. The van der Waals surface area contributed by atoms with Gasteiger partial charge in [-0.2, -0.15) is 0 Å². The minimum atomic E-state index is -3.88. The minimum Gasteiger partial charge on any atom is -0.378 e. The van der Waals surface area contributed by atoms with E-state index in [0.717, 1.165) is 22.2 Å². The van der Waals surface area contributed by atoms with Gasteiger partial charge in [-0.3, -0.25) is 10.1 Å². The molecule has 0 aliphatic heterocycles. The van der Waals surface area contributed by atoms with Gasteiger partial charge >= 0.3 is 0 Å². The van der Waals surface area contributed by atoms with Crippen LogP contribution >= 0.6 is 0 Å². The number of nitrogens with one attached hydrogen (secondary N) is 2. The van der Waals surface area contributed by atoms with E-state index in [1.165, 1.54) is 12.1 Å². The lowest BCUT2D eigenvalue weighted by molar-refractivity contribution is -0.890. The Hall–Kier alpha value is -2.49. The summed E-state index contributed by atoms with van der Waals surface area (Å²) in [6.45, 7) is 1.79. The molecule has 0 radical (unpaired) electrons. The van der Waals surface area contributed by atoms with Gasteiger partial charge < -0.3 is 9.80 Å². The third-order valence-electron chi connectivity index (χ3n) is 4.66. The van der Waals surface area contributed by atoms with Crippen LogP contribution in [-0.4, -0.2) is 48.1 Å². The molecule has 1 atom stereocenters. The smallest absolute Gasteiger partial charge is 0.270 e. The zero-order valence-corrected chi connectivity index (χ0v) is 17.6. The van der Waals surface area contributed by atoms with Crippen molar-refractivity contribution in [1.29, 1.82) is 0 Å². The molecule has 2 rings (SSSR count). The highest BCUT2D eigenvalue weighted by Gasteiger charge is 2.25. The maximum Gasteiger partial charge on any atom is 0.270 e. The molecule has 28 heavy (non-hydrogen) atoms. The molecule has 0 aliphatic carbocycles. The maximum absolute atomic E-state index is 12.8. The maximum atomic E-state index is 12.8. The normalized spacial score (nSPS) is 12.8. The van der Waals surface area contributed by atoms with Gasteiger partial charge in [0.2, 0.25) is 10.0 Å². The van der Waals surface area contributed by atoms with Crippen molar-refractivity contribution in [2.75, 3.05) is 39.6 Å². The van der Waals surface area contributed by atoms with Crippen LogP contribution in [0.15, 0.2) is 47.4 Å². The summed E-state index contributed by atoms with van der Waals surface area (Å²) in [5.41, 5.74) is 2.27. The number of likely N-dealkylation sites (N-methyl/N-ethyl adjacent to an activating group) is 1. The van der Waals surface area contributed by atoms with Crippen LogP contribution in [-0.2, 0) is 10.0 Å². The van der Waals surface area contributed by atoms with Crippen molar-refractivity contribution in [1.82, 2.24) is 4.72 Å². The van der Waals surface area contributed by atoms with Gasteiger partial charge in [-0.1, -0.05) is 18.2 Å². The first kappa shape index (κ1) is 21.8. The fourth-order valence-corrected chi connectivity index (χ4v) is 4.23. The van der Waals surface area contributed by atoms with Crippen molar-refractivity contribution < 1.29 is 18.2 Å². The second-order valence-corrected chi connectivity index (χ2v) is 8.91. The molecule has 0 heterocycles. The highest BCUT2D eigenvalue weighted by atomic mass is 32.2. The van der Waals surface area contributed by atoms with Gasteiger partial charge in [0.05, 0.1) is 30.5 Å². The van der Waals surface area contributed by atoms with Gasteiger partial charge in [0, 0.05) is 37.5 Å². The number of non-ortho nitro benzene ring substituents is 1. The van der Waals surface area contributed by atoms with Gasteiger partial charge in [0.1, 0.15) is 6.04 Å². The van der Waals surface area contributed by atoms with Gasteiger partial charge in [-0.15, -0.1) is 0 Å². The second-order valence-electron chi connectivity index (χ2n) is 7.17. The molecule has 0 bridgehead atoms. The van der Waals surface area contributed by atoms with E-state index in [4.69, 9.17) is 0 Å². The quantitative estimate of drug-likeness (QED) is 0.505. The van der Waals surface area contributed by atoms with Crippen LogP contribution in [0.25, 0.3) is 0 Å². The van der Waals surface area contributed by atoms with Gasteiger partial charge in [-0.25, -0.2) is 13.1 Å². The van der Waals surface area contributed by atoms with E-state index in [2.05, 4.69) is 4.72 Å². The molecule has 2 aromatic rings. The Kier molecular flexibility index (Phi) is 6.76. The molecule has 0 fully saturated rings. The molecule has 0 saturated heterocycles. The molecule has 0 aromatic heterocycles. The SMILES string of the molecule is Cc1ccc([N+](=O)[O-])cc1S(=O)(=O)NC[C@@H](c1ccc(N(C)C)cc1)[NH+](C)C. The number of benzene rings is 2. The second kappa shape index (κ2) is 8.68. The molecular formula is C19H27N4O4S+. The standard InChI is InChI=1S/C19H26N4O4S/c1-14-6-9-17(23(24)25)12-19(14)28(26,27)20-13-18(22(4)5)15-7-10-16(11-8-15)21(2)3/h6-12,18,20H,13H2,1-5H3/p+1/t18-/m0/s1. The summed E-state index contributed by atoms with van der Waals surface area (Å²) < 4.78 is 28.2. The topological polar surface area (TPSA) is 97.0 Å². The number of nitro groups is 1. The number of quaternary nitrogens is 1. The highest BCUT2D eigenvalue weighted by Crippen LogP contribution is 2.22. The minimum absolute atomic E-state index is 0.0721. The molecule has 9 heteroatoms. The van der Waals surface area contributed by atoms with Crippen LogP contribution in [0, 0.1) is 17.0 Å². The monoisotopic (exact) mass is 407 g/mol. The molecule has 8 nitrogen and oxygen atoms in total. The van der Waals surface area contributed by atoms with E-state index in [9.17, 15) is 18.5 Å². The molecule has 0 unspecified atom stereocenters.